The normalized spacial score (nSPS) is 19.2. The molecule has 1 aromatic carbocycles. The molecule has 0 saturated carbocycles. The fourth-order valence-electron chi connectivity index (χ4n) is 2.47. The lowest BCUT2D eigenvalue weighted by atomic mass is 9.82. The summed E-state index contributed by atoms with van der Waals surface area (Å²) in [4.78, 5) is 13.3. The number of likely N-dealkylation sites (N-methyl/N-ethyl adjacent to an activating group) is 1. The van der Waals surface area contributed by atoms with E-state index in [4.69, 9.17) is 0 Å². The van der Waals surface area contributed by atoms with Crippen LogP contribution in [0.15, 0.2) is 18.2 Å². The van der Waals surface area contributed by atoms with E-state index < -0.39 is 11.4 Å². The van der Waals surface area contributed by atoms with Crippen molar-refractivity contribution in [3.05, 3.63) is 23.8 Å². The lowest BCUT2D eigenvalue weighted by Gasteiger charge is -2.33. The molecule has 1 atom stereocenters. The van der Waals surface area contributed by atoms with E-state index in [0.717, 1.165) is 11.3 Å². The van der Waals surface area contributed by atoms with Crippen molar-refractivity contribution in [3.63, 3.8) is 0 Å². The number of carboxylic acids is 1. The van der Waals surface area contributed by atoms with Crippen LogP contribution in [0.25, 0.3) is 0 Å². The monoisotopic (exact) mass is 235 g/mol. The molecule has 0 fully saturated rings. The van der Waals surface area contributed by atoms with Gasteiger partial charge in [0.2, 0.25) is 0 Å². The van der Waals surface area contributed by atoms with Crippen LogP contribution < -0.4 is 4.90 Å². The van der Waals surface area contributed by atoms with E-state index in [1.165, 1.54) is 0 Å². The van der Waals surface area contributed by atoms with Gasteiger partial charge in [0, 0.05) is 18.8 Å². The second kappa shape index (κ2) is 3.65. The molecule has 0 aliphatic carbocycles. The highest BCUT2D eigenvalue weighted by Gasteiger charge is 2.43. The third-order valence-corrected chi connectivity index (χ3v) is 3.71. The molecule has 1 aliphatic heterocycles. The first-order chi connectivity index (χ1) is 7.84. The molecule has 92 valence electrons. The maximum absolute atomic E-state index is 11.3. The molecule has 0 radical (unpaired) electrons. The van der Waals surface area contributed by atoms with Gasteiger partial charge in [-0.15, -0.1) is 0 Å². The van der Waals surface area contributed by atoms with E-state index in [9.17, 15) is 15.0 Å². The van der Waals surface area contributed by atoms with Crippen molar-refractivity contribution in [2.45, 2.75) is 26.3 Å². The Morgan fingerprint density at radius 2 is 2.12 bits per heavy atom. The predicted octanol–water partition coefficient (Wildman–Crippen LogP) is 1.86. The summed E-state index contributed by atoms with van der Waals surface area (Å²) >= 11 is 0. The van der Waals surface area contributed by atoms with Crippen LogP contribution >= 0.6 is 0 Å². The summed E-state index contributed by atoms with van der Waals surface area (Å²) in [5.41, 5.74) is 1.19. The minimum atomic E-state index is -0.816. The Morgan fingerprint density at radius 1 is 1.47 bits per heavy atom. The molecule has 1 aromatic rings. The van der Waals surface area contributed by atoms with Crippen molar-refractivity contribution in [1.29, 1.82) is 0 Å². The molecular formula is C13H17NO3. The summed E-state index contributed by atoms with van der Waals surface area (Å²) in [7, 11) is 1.90. The molecule has 0 spiro atoms. The molecule has 1 unspecified atom stereocenters. The topological polar surface area (TPSA) is 60.8 Å². The molecule has 0 aromatic heterocycles. The quantitative estimate of drug-likeness (QED) is 0.821. The number of aromatic hydroxyl groups is 1. The van der Waals surface area contributed by atoms with E-state index in [-0.39, 0.29) is 11.8 Å². The van der Waals surface area contributed by atoms with Crippen LogP contribution in [0.1, 0.15) is 19.4 Å². The van der Waals surface area contributed by atoms with Crippen LogP contribution in [0.3, 0.4) is 0 Å². The fourth-order valence-corrected chi connectivity index (χ4v) is 2.47. The van der Waals surface area contributed by atoms with Gasteiger partial charge in [-0.3, -0.25) is 4.79 Å². The standard InChI is InChI=1S/C13H17NO3/c1-13(2,12(16)17)11-7-8-6-9(15)4-5-10(8)14(11)3/h4-6,11,15H,7H2,1-3H3,(H,16,17). The SMILES string of the molecule is CN1c2ccc(O)cc2CC1C(C)(C)C(=O)O. The molecule has 4 nitrogen and oxygen atoms in total. The van der Waals surface area contributed by atoms with Gasteiger partial charge in [-0.05, 0) is 44.0 Å². The van der Waals surface area contributed by atoms with Gasteiger partial charge in [0.15, 0.2) is 0 Å². The molecule has 1 heterocycles. The Labute approximate surface area is 100 Å². The lowest BCUT2D eigenvalue weighted by molar-refractivity contribution is -0.148. The Balaban J connectivity index is 2.37. The minimum Gasteiger partial charge on any atom is -0.508 e. The van der Waals surface area contributed by atoms with Gasteiger partial charge in [-0.25, -0.2) is 0 Å². The second-order valence-electron chi connectivity index (χ2n) is 5.17. The van der Waals surface area contributed by atoms with Crippen molar-refractivity contribution < 1.29 is 15.0 Å². The van der Waals surface area contributed by atoms with Gasteiger partial charge in [-0.2, -0.15) is 0 Å². The number of carboxylic acid groups (broad SMARTS) is 1. The summed E-state index contributed by atoms with van der Waals surface area (Å²) < 4.78 is 0. The van der Waals surface area contributed by atoms with E-state index in [2.05, 4.69) is 0 Å². The minimum absolute atomic E-state index is 0.0863. The summed E-state index contributed by atoms with van der Waals surface area (Å²) in [6.45, 7) is 3.48. The van der Waals surface area contributed by atoms with Gasteiger partial charge in [0.05, 0.1) is 5.41 Å². The molecule has 2 N–H and O–H groups in total. The molecule has 1 aliphatic rings. The summed E-state index contributed by atoms with van der Waals surface area (Å²) in [6, 6.07) is 5.09. The molecule has 17 heavy (non-hydrogen) atoms. The Kier molecular flexibility index (Phi) is 2.53. The number of rotatable bonds is 2. The molecule has 0 saturated heterocycles. The number of anilines is 1. The van der Waals surface area contributed by atoms with Gasteiger partial charge in [-0.1, -0.05) is 0 Å². The highest BCUT2D eigenvalue weighted by Crippen LogP contribution is 2.40. The van der Waals surface area contributed by atoms with Crippen molar-refractivity contribution in [1.82, 2.24) is 0 Å². The third kappa shape index (κ3) is 1.73. The molecular weight excluding hydrogens is 218 g/mol. The number of fused-ring (bicyclic) bond motifs is 1. The summed E-state index contributed by atoms with van der Waals surface area (Å²) in [6.07, 6.45) is 0.652. The summed E-state index contributed by atoms with van der Waals surface area (Å²) in [5, 5.41) is 18.7. The average Bonchev–Trinajstić information content (AvgIpc) is 2.55. The summed E-state index contributed by atoms with van der Waals surface area (Å²) in [5.74, 6) is -0.572. The number of phenols is 1. The first-order valence-electron chi connectivity index (χ1n) is 5.62. The average molecular weight is 235 g/mol. The number of phenolic OH excluding ortho intramolecular Hbond substituents is 1. The highest BCUT2D eigenvalue weighted by atomic mass is 16.4. The van der Waals surface area contributed by atoms with Crippen LogP contribution in [-0.4, -0.2) is 29.3 Å². The highest BCUT2D eigenvalue weighted by molar-refractivity contribution is 5.77. The first-order valence-corrected chi connectivity index (χ1v) is 5.62. The third-order valence-electron chi connectivity index (χ3n) is 3.71. The van der Waals surface area contributed by atoms with Gasteiger partial charge >= 0.3 is 5.97 Å². The van der Waals surface area contributed by atoms with Crippen LogP contribution in [0.4, 0.5) is 5.69 Å². The van der Waals surface area contributed by atoms with Crippen molar-refractivity contribution in [2.24, 2.45) is 5.41 Å². The number of carbonyl (C=O) groups is 1. The van der Waals surface area contributed by atoms with Crippen molar-refractivity contribution >= 4 is 11.7 Å². The number of hydrogen-bond acceptors (Lipinski definition) is 3. The van der Waals surface area contributed by atoms with E-state index in [0.29, 0.717) is 6.42 Å². The first kappa shape index (κ1) is 11.8. The van der Waals surface area contributed by atoms with E-state index in [1.807, 2.05) is 18.0 Å². The lowest BCUT2D eigenvalue weighted by Crippen LogP contribution is -2.46. The molecule has 4 heteroatoms. The van der Waals surface area contributed by atoms with Crippen molar-refractivity contribution in [3.8, 4) is 5.75 Å². The maximum atomic E-state index is 11.3. The zero-order valence-electron chi connectivity index (χ0n) is 10.3. The van der Waals surface area contributed by atoms with Crippen LogP contribution in [0.2, 0.25) is 0 Å². The maximum Gasteiger partial charge on any atom is 0.311 e. The van der Waals surface area contributed by atoms with Gasteiger partial charge in [0.25, 0.3) is 0 Å². The molecule has 2 rings (SSSR count). The van der Waals surface area contributed by atoms with Gasteiger partial charge < -0.3 is 15.1 Å². The Bertz CT molecular complexity index is 468. The van der Waals surface area contributed by atoms with Gasteiger partial charge in [0.1, 0.15) is 5.75 Å². The van der Waals surface area contributed by atoms with E-state index >= 15 is 0 Å². The molecule has 0 amide bonds. The second-order valence-corrected chi connectivity index (χ2v) is 5.17. The predicted molar refractivity (Wildman–Crippen MR) is 65.4 cm³/mol. The molecule has 0 bridgehead atoms. The Hall–Kier alpha value is -1.71. The zero-order chi connectivity index (χ0) is 12.8. The largest absolute Gasteiger partial charge is 0.508 e. The zero-order valence-corrected chi connectivity index (χ0v) is 10.3. The van der Waals surface area contributed by atoms with Crippen LogP contribution in [-0.2, 0) is 11.2 Å². The number of aliphatic carboxylic acids is 1. The Morgan fingerprint density at radius 3 is 2.71 bits per heavy atom. The number of nitrogens with zero attached hydrogens (tertiary/aromatic N) is 1. The van der Waals surface area contributed by atoms with E-state index in [1.54, 1.807) is 26.0 Å². The smallest absolute Gasteiger partial charge is 0.311 e. The van der Waals surface area contributed by atoms with Crippen molar-refractivity contribution in [2.75, 3.05) is 11.9 Å². The number of hydrogen-bond donors (Lipinski definition) is 2. The van der Waals surface area contributed by atoms with Crippen LogP contribution in [0, 0.1) is 5.41 Å². The fraction of sp³-hybridized carbons (Fsp3) is 0.462. The number of benzene rings is 1. The van der Waals surface area contributed by atoms with Crippen LogP contribution in [0.5, 0.6) is 5.75 Å².